The van der Waals surface area contributed by atoms with Crippen molar-refractivity contribution < 1.29 is 0 Å². The summed E-state index contributed by atoms with van der Waals surface area (Å²) in [6, 6.07) is 0. The Labute approximate surface area is 205 Å². The van der Waals surface area contributed by atoms with Crippen LogP contribution in [0, 0.1) is 46.3 Å². The van der Waals surface area contributed by atoms with Gasteiger partial charge in [-0.15, -0.1) is 0 Å². The third-order valence-electron chi connectivity index (χ3n) is 11.0. The molecule has 8 bridgehead atoms. The molecule has 184 valence electrons. The first-order valence-corrected chi connectivity index (χ1v) is 14.2. The highest BCUT2D eigenvalue weighted by Crippen LogP contribution is 2.61. The van der Waals surface area contributed by atoms with Crippen molar-refractivity contribution in [2.24, 2.45) is 56.3 Å². The molecule has 0 spiro atoms. The van der Waals surface area contributed by atoms with Crippen LogP contribution in [0.4, 0.5) is 0 Å². The maximum absolute atomic E-state index is 4.87. The molecular formula is C29H43N5. The van der Waals surface area contributed by atoms with Crippen LogP contribution in [-0.4, -0.2) is 31.9 Å². The zero-order chi connectivity index (χ0) is 22.9. The Morgan fingerprint density at radius 2 is 1.18 bits per heavy atom. The van der Waals surface area contributed by atoms with E-state index in [1.54, 1.807) is 0 Å². The van der Waals surface area contributed by atoms with Gasteiger partial charge in [0, 0.05) is 24.9 Å². The molecule has 0 aromatic carbocycles. The number of hydrogen-bond acceptors (Lipinski definition) is 3. The van der Waals surface area contributed by atoms with Crippen LogP contribution < -0.4 is 16.0 Å². The first kappa shape index (κ1) is 21.5. The fourth-order valence-electron chi connectivity index (χ4n) is 10.6. The van der Waals surface area contributed by atoms with Crippen molar-refractivity contribution in [3.05, 3.63) is 24.0 Å². The van der Waals surface area contributed by atoms with Crippen molar-refractivity contribution >= 4 is 11.7 Å². The molecule has 0 amide bonds. The van der Waals surface area contributed by atoms with Gasteiger partial charge in [0.15, 0.2) is 0 Å². The van der Waals surface area contributed by atoms with E-state index in [1.165, 1.54) is 88.7 Å². The van der Waals surface area contributed by atoms with Gasteiger partial charge in [-0.05, 0) is 125 Å². The predicted molar refractivity (Wildman–Crippen MR) is 138 cm³/mol. The number of dihydropyridines is 1. The Kier molecular flexibility index (Phi) is 4.97. The van der Waals surface area contributed by atoms with E-state index in [0.29, 0.717) is 5.41 Å². The number of hydrogen-bond donors (Lipinski definition) is 3. The van der Waals surface area contributed by atoms with Crippen LogP contribution in [0.25, 0.3) is 0 Å². The third kappa shape index (κ3) is 3.47. The lowest BCUT2D eigenvalue weighted by Crippen LogP contribution is -2.58. The summed E-state index contributed by atoms with van der Waals surface area (Å²) in [4.78, 5) is 9.73. The SMILES string of the molecule is CN=C(NC1=CC=CC(NC(=NC)C23CC4CC(CC(C4)C2)C3)N1)C12CC3CC(CC(C3)C1)C2. The second-order valence-electron chi connectivity index (χ2n) is 13.4. The quantitative estimate of drug-likeness (QED) is 0.409. The van der Waals surface area contributed by atoms with Crippen molar-refractivity contribution in [3.63, 3.8) is 0 Å². The summed E-state index contributed by atoms with van der Waals surface area (Å²) in [5.41, 5.74) is 0.578. The van der Waals surface area contributed by atoms with Gasteiger partial charge in [0.25, 0.3) is 0 Å². The van der Waals surface area contributed by atoms with Crippen molar-refractivity contribution in [2.45, 2.75) is 83.2 Å². The largest absolute Gasteiger partial charge is 0.350 e. The van der Waals surface area contributed by atoms with Gasteiger partial charge >= 0.3 is 0 Å². The fourth-order valence-corrected chi connectivity index (χ4v) is 10.6. The highest BCUT2D eigenvalue weighted by molar-refractivity contribution is 5.90. The van der Waals surface area contributed by atoms with Crippen LogP contribution in [0.3, 0.4) is 0 Å². The summed E-state index contributed by atoms with van der Waals surface area (Å²) in [5.74, 6) is 9.13. The minimum Gasteiger partial charge on any atom is -0.350 e. The lowest BCUT2D eigenvalue weighted by Gasteiger charge is -2.57. The summed E-state index contributed by atoms with van der Waals surface area (Å²) in [7, 11) is 3.99. The second kappa shape index (κ2) is 7.86. The highest BCUT2D eigenvalue weighted by Gasteiger charge is 2.54. The molecule has 0 aromatic heterocycles. The number of amidine groups is 2. The Morgan fingerprint density at radius 3 is 1.62 bits per heavy atom. The fraction of sp³-hybridized carbons (Fsp3) is 0.793. The molecule has 9 rings (SSSR count). The molecular weight excluding hydrogens is 418 g/mol. The van der Waals surface area contributed by atoms with E-state index in [9.17, 15) is 0 Å². The Balaban J connectivity index is 1.04. The second-order valence-corrected chi connectivity index (χ2v) is 13.4. The monoisotopic (exact) mass is 461 g/mol. The highest BCUT2D eigenvalue weighted by atomic mass is 15.2. The van der Waals surface area contributed by atoms with Crippen LogP contribution >= 0.6 is 0 Å². The smallest absolute Gasteiger partial charge is 0.118 e. The van der Waals surface area contributed by atoms with Crippen LogP contribution in [-0.2, 0) is 0 Å². The molecule has 5 heteroatoms. The molecule has 5 nitrogen and oxygen atoms in total. The molecule has 8 fully saturated rings. The van der Waals surface area contributed by atoms with Gasteiger partial charge in [0.2, 0.25) is 0 Å². The van der Waals surface area contributed by atoms with Gasteiger partial charge in [-0.25, -0.2) is 0 Å². The van der Waals surface area contributed by atoms with E-state index in [1.807, 2.05) is 14.1 Å². The molecule has 1 atom stereocenters. The maximum Gasteiger partial charge on any atom is 0.118 e. The zero-order valence-electron chi connectivity index (χ0n) is 21.2. The van der Waals surface area contributed by atoms with E-state index in [-0.39, 0.29) is 11.6 Å². The molecule has 9 aliphatic rings. The normalized spacial score (nSPS) is 48.6. The Hall–Kier alpha value is -1.78. The Bertz CT molecular complexity index is 885. The molecule has 0 saturated heterocycles. The molecule has 3 N–H and O–H groups in total. The summed E-state index contributed by atoms with van der Waals surface area (Å²) < 4.78 is 0. The van der Waals surface area contributed by atoms with Gasteiger partial charge in [-0.1, -0.05) is 6.08 Å². The summed E-state index contributed by atoms with van der Waals surface area (Å²) in [6.45, 7) is 0. The van der Waals surface area contributed by atoms with Gasteiger partial charge in [0.05, 0.1) is 0 Å². The predicted octanol–water partition coefficient (Wildman–Crippen LogP) is 4.98. The number of rotatable bonds is 4. The van der Waals surface area contributed by atoms with E-state index in [4.69, 9.17) is 9.98 Å². The number of allylic oxidation sites excluding steroid dienone is 2. The standard InChI is InChI=1S/C29H43N5/c1-30-26(28-12-18-6-19(13-28)8-20(7-18)14-28)33-24-4-3-5-25(32-24)34-27(31-2)29-15-21-9-22(16-29)11-23(10-21)17-29/h3-5,18-24,32H,6-17H2,1-2H3,(H,30,33)(H,31,34). The van der Waals surface area contributed by atoms with E-state index in [2.05, 4.69) is 34.2 Å². The first-order chi connectivity index (χ1) is 16.5. The summed E-state index contributed by atoms with van der Waals surface area (Å²) in [6.07, 6.45) is 23.5. The van der Waals surface area contributed by atoms with E-state index >= 15 is 0 Å². The van der Waals surface area contributed by atoms with Gasteiger partial charge in [-0.3, -0.25) is 9.98 Å². The minimum atomic E-state index is 0.0775. The average molecular weight is 462 g/mol. The lowest BCUT2D eigenvalue weighted by molar-refractivity contribution is -0.0144. The Morgan fingerprint density at radius 1 is 0.735 bits per heavy atom. The first-order valence-electron chi connectivity index (χ1n) is 14.2. The molecule has 1 unspecified atom stereocenters. The number of nitrogens with zero attached hydrogens (tertiary/aromatic N) is 2. The zero-order valence-corrected chi connectivity index (χ0v) is 21.2. The van der Waals surface area contributed by atoms with Gasteiger partial charge in [0.1, 0.15) is 23.7 Å². The molecule has 0 aromatic rings. The number of nitrogens with one attached hydrogen (secondary N) is 3. The van der Waals surface area contributed by atoms with Crippen LogP contribution in [0.15, 0.2) is 34.0 Å². The van der Waals surface area contributed by atoms with Crippen molar-refractivity contribution in [3.8, 4) is 0 Å². The molecule has 8 aliphatic carbocycles. The molecule has 1 heterocycles. The van der Waals surface area contributed by atoms with Crippen molar-refractivity contribution in [2.75, 3.05) is 14.1 Å². The van der Waals surface area contributed by atoms with Gasteiger partial charge < -0.3 is 16.0 Å². The average Bonchev–Trinajstić information content (AvgIpc) is 2.79. The lowest BCUT2D eigenvalue weighted by atomic mass is 9.49. The van der Waals surface area contributed by atoms with E-state index in [0.717, 1.165) is 41.3 Å². The minimum absolute atomic E-state index is 0.0775. The third-order valence-corrected chi connectivity index (χ3v) is 11.0. The van der Waals surface area contributed by atoms with Crippen LogP contribution in [0.2, 0.25) is 0 Å². The molecule has 0 radical (unpaired) electrons. The molecule has 34 heavy (non-hydrogen) atoms. The van der Waals surface area contributed by atoms with Crippen LogP contribution in [0.1, 0.15) is 77.0 Å². The van der Waals surface area contributed by atoms with Gasteiger partial charge in [-0.2, -0.15) is 0 Å². The maximum atomic E-state index is 4.87. The van der Waals surface area contributed by atoms with Crippen molar-refractivity contribution in [1.82, 2.24) is 16.0 Å². The van der Waals surface area contributed by atoms with Crippen molar-refractivity contribution in [1.29, 1.82) is 0 Å². The van der Waals surface area contributed by atoms with Crippen LogP contribution in [0.5, 0.6) is 0 Å². The summed E-state index contributed by atoms with van der Waals surface area (Å²) in [5, 5.41) is 11.4. The summed E-state index contributed by atoms with van der Waals surface area (Å²) >= 11 is 0. The molecule has 1 aliphatic heterocycles. The molecule has 8 saturated carbocycles. The van der Waals surface area contributed by atoms with E-state index < -0.39 is 0 Å². The number of aliphatic imine (C=N–C) groups is 2. The topological polar surface area (TPSA) is 60.8 Å².